The van der Waals surface area contributed by atoms with Crippen LogP contribution in [0.3, 0.4) is 0 Å². The van der Waals surface area contributed by atoms with Crippen LogP contribution in [0.5, 0.6) is 0 Å². The second kappa shape index (κ2) is 9.26. The van der Waals surface area contributed by atoms with Crippen molar-refractivity contribution in [1.29, 1.82) is 0 Å². The van der Waals surface area contributed by atoms with Crippen LogP contribution in [0.15, 0.2) is 59.7 Å². The van der Waals surface area contributed by atoms with E-state index in [1.807, 2.05) is 11.8 Å². The molecule has 0 radical (unpaired) electrons. The van der Waals surface area contributed by atoms with E-state index in [9.17, 15) is 14.0 Å². The SMILES string of the molecule is Cc1ccc(N2CCN(C(=O)c3sc4ncn(Cc5cccc(F)c5)c(=O)c4c3C)CC2C)cc1. The zero-order valence-corrected chi connectivity index (χ0v) is 20.8. The van der Waals surface area contributed by atoms with E-state index < -0.39 is 0 Å². The van der Waals surface area contributed by atoms with Gasteiger partial charge in [-0.25, -0.2) is 9.37 Å². The molecular formula is C27H27FN4O2S. The monoisotopic (exact) mass is 490 g/mol. The van der Waals surface area contributed by atoms with Gasteiger partial charge in [-0.1, -0.05) is 29.8 Å². The van der Waals surface area contributed by atoms with Gasteiger partial charge in [0.05, 0.1) is 23.1 Å². The number of hydrogen-bond donors (Lipinski definition) is 0. The third-order valence-corrected chi connectivity index (χ3v) is 7.82. The Balaban J connectivity index is 1.38. The molecule has 3 heterocycles. The summed E-state index contributed by atoms with van der Waals surface area (Å²) in [4.78, 5) is 36.5. The van der Waals surface area contributed by atoms with Gasteiger partial charge in [-0.2, -0.15) is 0 Å². The minimum atomic E-state index is -0.346. The Morgan fingerprint density at radius 1 is 1.14 bits per heavy atom. The minimum Gasteiger partial charge on any atom is -0.365 e. The average molecular weight is 491 g/mol. The second-order valence-corrected chi connectivity index (χ2v) is 10.2. The number of halogens is 1. The molecule has 8 heteroatoms. The summed E-state index contributed by atoms with van der Waals surface area (Å²) < 4.78 is 15.0. The molecule has 180 valence electrons. The Kier molecular flexibility index (Phi) is 6.15. The lowest BCUT2D eigenvalue weighted by Gasteiger charge is -2.41. The summed E-state index contributed by atoms with van der Waals surface area (Å²) in [6.45, 7) is 8.20. The van der Waals surface area contributed by atoms with Gasteiger partial charge in [0.1, 0.15) is 10.6 Å². The number of fused-ring (bicyclic) bond motifs is 1. The normalized spacial score (nSPS) is 16.2. The summed E-state index contributed by atoms with van der Waals surface area (Å²) in [6.07, 6.45) is 1.47. The molecule has 4 aromatic rings. The van der Waals surface area contributed by atoms with E-state index in [2.05, 4.69) is 48.0 Å². The van der Waals surface area contributed by atoms with Crippen molar-refractivity contribution in [1.82, 2.24) is 14.5 Å². The van der Waals surface area contributed by atoms with Gasteiger partial charge in [0.25, 0.3) is 11.5 Å². The lowest BCUT2D eigenvalue weighted by Crippen LogP contribution is -2.53. The first-order chi connectivity index (χ1) is 16.8. The number of nitrogens with zero attached hydrogens (tertiary/aromatic N) is 4. The number of rotatable bonds is 4. The van der Waals surface area contributed by atoms with E-state index >= 15 is 0 Å². The fourth-order valence-corrected chi connectivity index (χ4v) is 5.82. The van der Waals surface area contributed by atoms with Crippen LogP contribution >= 0.6 is 11.3 Å². The van der Waals surface area contributed by atoms with Crippen molar-refractivity contribution < 1.29 is 9.18 Å². The van der Waals surface area contributed by atoms with E-state index in [0.717, 1.165) is 12.2 Å². The maximum Gasteiger partial charge on any atom is 0.264 e. The maximum atomic E-state index is 13.6. The Morgan fingerprint density at radius 3 is 2.63 bits per heavy atom. The maximum absolute atomic E-state index is 13.6. The van der Waals surface area contributed by atoms with Crippen LogP contribution in [-0.4, -0.2) is 46.0 Å². The van der Waals surface area contributed by atoms with Gasteiger partial charge < -0.3 is 9.80 Å². The third-order valence-electron chi connectivity index (χ3n) is 6.63. The Morgan fingerprint density at radius 2 is 1.91 bits per heavy atom. The van der Waals surface area contributed by atoms with Crippen LogP contribution < -0.4 is 10.5 Å². The molecule has 0 bridgehead atoms. The summed E-state index contributed by atoms with van der Waals surface area (Å²) in [7, 11) is 0. The highest BCUT2D eigenvalue weighted by Gasteiger charge is 2.30. The first-order valence-corrected chi connectivity index (χ1v) is 12.5. The van der Waals surface area contributed by atoms with Gasteiger partial charge in [0, 0.05) is 31.4 Å². The van der Waals surface area contributed by atoms with E-state index in [1.165, 1.54) is 39.9 Å². The van der Waals surface area contributed by atoms with Crippen LogP contribution in [0.4, 0.5) is 10.1 Å². The highest BCUT2D eigenvalue weighted by molar-refractivity contribution is 7.20. The molecule has 0 spiro atoms. The van der Waals surface area contributed by atoms with E-state index in [1.54, 1.807) is 12.1 Å². The fraction of sp³-hybridized carbons (Fsp3) is 0.296. The zero-order valence-electron chi connectivity index (χ0n) is 20.0. The van der Waals surface area contributed by atoms with E-state index in [4.69, 9.17) is 0 Å². The molecule has 1 saturated heterocycles. The smallest absolute Gasteiger partial charge is 0.264 e. The number of thiophene rings is 1. The van der Waals surface area contributed by atoms with E-state index in [-0.39, 0.29) is 29.9 Å². The van der Waals surface area contributed by atoms with Crippen molar-refractivity contribution in [3.8, 4) is 0 Å². The molecule has 0 aliphatic carbocycles. The predicted molar refractivity (Wildman–Crippen MR) is 138 cm³/mol. The molecule has 6 nitrogen and oxygen atoms in total. The molecule has 1 atom stereocenters. The number of aromatic nitrogens is 2. The molecule has 1 amide bonds. The average Bonchev–Trinajstić information content (AvgIpc) is 3.18. The first kappa shape index (κ1) is 23.2. The molecule has 2 aromatic heterocycles. The van der Waals surface area contributed by atoms with Gasteiger partial charge in [-0.15, -0.1) is 11.3 Å². The minimum absolute atomic E-state index is 0.0583. The number of piperazine rings is 1. The number of aryl methyl sites for hydroxylation is 2. The van der Waals surface area contributed by atoms with Gasteiger partial charge in [-0.3, -0.25) is 14.2 Å². The van der Waals surface area contributed by atoms with Crippen molar-refractivity contribution >= 4 is 33.1 Å². The number of carbonyl (C=O) groups excluding carboxylic acids is 1. The predicted octanol–water partition coefficient (Wildman–Crippen LogP) is 4.61. The summed E-state index contributed by atoms with van der Waals surface area (Å²) in [5.74, 6) is -0.405. The molecule has 1 aliphatic rings. The molecule has 35 heavy (non-hydrogen) atoms. The summed E-state index contributed by atoms with van der Waals surface area (Å²) >= 11 is 1.27. The second-order valence-electron chi connectivity index (χ2n) is 9.17. The summed E-state index contributed by atoms with van der Waals surface area (Å²) in [6, 6.07) is 14.8. The molecule has 1 fully saturated rings. The van der Waals surface area contributed by atoms with Gasteiger partial charge >= 0.3 is 0 Å². The van der Waals surface area contributed by atoms with Crippen molar-refractivity contribution in [2.75, 3.05) is 24.5 Å². The van der Waals surface area contributed by atoms with Crippen molar-refractivity contribution in [3.05, 3.63) is 92.6 Å². The standard InChI is InChI=1S/C27H27FN4O2S/c1-17-7-9-22(10-8-17)32-12-11-30(14-18(32)2)27(34)24-19(3)23-25(35-24)29-16-31(26(23)33)15-20-5-4-6-21(28)13-20/h4-10,13,16,18H,11-12,14-15H2,1-3H3. The number of carbonyl (C=O) groups is 1. The number of amides is 1. The largest absolute Gasteiger partial charge is 0.365 e. The van der Waals surface area contributed by atoms with Crippen LogP contribution in [0, 0.1) is 19.7 Å². The topological polar surface area (TPSA) is 58.4 Å². The van der Waals surface area contributed by atoms with Crippen LogP contribution in [-0.2, 0) is 6.54 Å². The van der Waals surface area contributed by atoms with E-state index in [0.29, 0.717) is 39.3 Å². The van der Waals surface area contributed by atoms with Gasteiger partial charge in [0.15, 0.2) is 0 Å². The number of benzene rings is 2. The Labute approximate surface area is 207 Å². The zero-order chi connectivity index (χ0) is 24.7. The Hall–Kier alpha value is -3.52. The molecule has 0 N–H and O–H groups in total. The molecule has 5 rings (SSSR count). The third kappa shape index (κ3) is 4.46. The highest BCUT2D eigenvalue weighted by Crippen LogP contribution is 2.29. The van der Waals surface area contributed by atoms with Crippen LogP contribution in [0.25, 0.3) is 10.2 Å². The summed E-state index contributed by atoms with van der Waals surface area (Å²) in [5, 5.41) is 0.462. The van der Waals surface area contributed by atoms with Crippen LogP contribution in [0.1, 0.15) is 33.3 Å². The van der Waals surface area contributed by atoms with Gasteiger partial charge in [-0.05, 0) is 56.2 Å². The quantitative estimate of drug-likeness (QED) is 0.419. The molecule has 2 aromatic carbocycles. The fourth-order valence-electron chi connectivity index (χ4n) is 4.71. The van der Waals surface area contributed by atoms with Crippen molar-refractivity contribution in [2.45, 2.75) is 33.4 Å². The first-order valence-electron chi connectivity index (χ1n) is 11.7. The summed E-state index contributed by atoms with van der Waals surface area (Å²) in [5.41, 5.74) is 3.51. The van der Waals surface area contributed by atoms with Gasteiger partial charge in [0.2, 0.25) is 0 Å². The van der Waals surface area contributed by atoms with Crippen LogP contribution in [0.2, 0.25) is 0 Å². The van der Waals surface area contributed by atoms with Crippen molar-refractivity contribution in [2.24, 2.45) is 0 Å². The molecule has 1 aliphatic heterocycles. The number of anilines is 1. The van der Waals surface area contributed by atoms with Crippen molar-refractivity contribution in [3.63, 3.8) is 0 Å². The molecule has 1 unspecified atom stereocenters. The lowest BCUT2D eigenvalue weighted by atomic mass is 10.1. The number of hydrogen-bond acceptors (Lipinski definition) is 5. The Bertz CT molecular complexity index is 1460. The highest BCUT2D eigenvalue weighted by atomic mass is 32.1. The molecular weight excluding hydrogens is 463 g/mol. The molecule has 0 saturated carbocycles. The lowest BCUT2D eigenvalue weighted by molar-refractivity contribution is 0.0730.